The lowest BCUT2D eigenvalue weighted by atomic mass is 10.2. The Hall–Kier alpha value is -2.09. The first kappa shape index (κ1) is 15.3. The summed E-state index contributed by atoms with van der Waals surface area (Å²) in [7, 11) is 1.29. The fraction of sp³-hybridized carbons (Fsp3) is 0.385. The number of ether oxygens (including phenoxy) is 1. The van der Waals surface area contributed by atoms with Gasteiger partial charge in [0.2, 0.25) is 0 Å². The maximum Gasteiger partial charge on any atom is 0.346 e. The molecule has 2 rings (SSSR count). The number of nitrogens with zero attached hydrogens (tertiary/aromatic N) is 2. The molecule has 0 aromatic carbocycles. The summed E-state index contributed by atoms with van der Waals surface area (Å²) < 4.78 is 9.82. The molecule has 0 aliphatic carbocycles. The molecule has 0 spiro atoms. The van der Waals surface area contributed by atoms with Crippen LogP contribution in [0.25, 0.3) is 0 Å². The molecule has 112 valence electrons. The number of hydrogen-bond acceptors (Lipinski definition) is 7. The van der Waals surface area contributed by atoms with Crippen molar-refractivity contribution in [1.82, 2.24) is 15.1 Å². The monoisotopic (exact) mass is 309 g/mol. The molecule has 0 unspecified atom stereocenters. The van der Waals surface area contributed by atoms with Crippen molar-refractivity contribution >= 4 is 17.7 Å². The number of H-pyrrole nitrogens is 1. The summed E-state index contributed by atoms with van der Waals surface area (Å²) >= 11 is 1.27. The van der Waals surface area contributed by atoms with Crippen LogP contribution in [0.15, 0.2) is 14.3 Å². The third-order valence-electron chi connectivity index (χ3n) is 3.01. The number of aromatic amines is 1. The normalized spacial score (nSPS) is 10.7. The van der Waals surface area contributed by atoms with E-state index < -0.39 is 11.7 Å². The Kier molecular flexibility index (Phi) is 4.46. The number of nitrogens with one attached hydrogen (secondary N) is 1. The smallest absolute Gasteiger partial charge is 0.346 e. The van der Waals surface area contributed by atoms with Crippen LogP contribution in [-0.2, 0) is 10.5 Å². The molecule has 0 saturated carbocycles. The SMILES string of the molecule is COC(=O)c1c(SCc2c(C)noc2C)nc(=O)[nH]c1C. The van der Waals surface area contributed by atoms with E-state index in [2.05, 4.69) is 15.1 Å². The fourth-order valence-electron chi connectivity index (χ4n) is 1.85. The van der Waals surface area contributed by atoms with Crippen molar-refractivity contribution in [2.45, 2.75) is 31.6 Å². The van der Waals surface area contributed by atoms with Gasteiger partial charge in [-0.25, -0.2) is 9.59 Å². The van der Waals surface area contributed by atoms with Gasteiger partial charge in [0.15, 0.2) is 0 Å². The van der Waals surface area contributed by atoms with Crippen LogP contribution in [-0.4, -0.2) is 28.2 Å². The quantitative estimate of drug-likeness (QED) is 0.522. The molecule has 2 aromatic rings. The summed E-state index contributed by atoms with van der Waals surface area (Å²) in [5, 5.41) is 4.21. The summed E-state index contributed by atoms with van der Waals surface area (Å²) in [6.07, 6.45) is 0. The number of methoxy groups -OCH3 is 1. The van der Waals surface area contributed by atoms with Crippen molar-refractivity contribution in [2.24, 2.45) is 0 Å². The van der Waals surface area contributed by atoms with Crippen molar-refractivity contribution in [2.75, 3.05) is 7.11 Å². The van der Waals surface area contributed by atoms with Crippen molar-refractivity contribution in [3.63, 3.8) is 0 Å². The molecule has 0 radical (unpaired) electrons. The maximum atomic E-state index is 11.8. The van der Waals surface area contributed by atoms with Crippen molar-refractivity contribution in [3.8, 4) is 0 Å². The van der Waals surface area contributed by atoms with Gasteiger partial charge in [0.1, 0.15) is 16.3 Å². The Morgan fingerprint density at radius 1 is 1.38 bits per heavy atom. The second-order valence-electron chi connectivity index (χ2n) is 4.43. The van der Waals surface area contributed by atoms with E-state index in [0.717, 1.165) is 11.3 Å². The minimum absolute atomic E-state index is 0.272. The number of hydrogen-bond donors (Lipinski definition) is 1. The summed E-state index contributed by atoms with van der Waals surface area (Å²) in [5.41, 5.74) is 1.91. The van der Waals surface area contributed by atoms with E-state index in [-0.39, 0.29) is 5.56 Å². The topological polar surface area (TPSA) is 98.1 Å². The number of thioether (sulfide) groups is 1. The van der Waals surface area contributed by atoms with Gasteiger partial charge in [-0.3, -0.25) is 0 Å². The zero-order chi connectivity index (χ0) is 15.6. The molecule has 2 heterocycles. The molecular weight excluding hydrogens is 294 g/mol. The van der Waals surface area contributed by atoms with Gasteiger partial charge < -0.3 is 14.2 Å². The van der Waals surface area contributed by atoms with Gasteiger partial charge in [0, 0.05) is 17.0 Å². The molecule has 0 bridgehead atoms. The highest BCUT2D eigenvalue weighted by atomic mass is 32.2. The largest absolute Gasteiger partial charge is 0.465 e. The third kappa shape index (κ3) is 3.15. The molecule has 0 aliphatic rings. The molecule has 1 N–H and O–H groups in total. The lowest BCUT2D eigenvalue weighted by molar-refractivity contribution is 0.0594. The second kappa shape index (κ2) is 6.13. The number of rotatable bonds is 4. The van der Waals surface area contributed by atoms with Gasteiger partial charge >= 0.3 is 11.7 Å². The van der Waals surface area contributed by atoms with Crippen LogP contribution in [0, 0.1) is 20.8 Å². The highest BCUT2D eigenvalue weighted by Gasteiger charge is 2.19. The average Bonchev–Trinajstić information content (AvgIpc) is 2.74. The highest BCUT2D eigenvalue weighted by Crippen LogP contribution is 2.27. The minimum atomic E-state index is -0.530. The van der Waals surface area contributed by atoms with Crippen LogP contribution < -0.4 is 5.69 Å². The fourth-order valence-corrected chi connectivity index (χ4v) is 3.08. The molecule has 21 heavy (non-hydrogen) atoms. The van der Waals surface area contributed by atoms with E-state index >= 15 is 0 Å². The number of carbonyl (C=O) groups excluding carboxylic acids is 1. The first-order chi connectivity index (χ1) is 9.93. The Bertz CT molecular complexity index is 716. The van der Waals surface area contributed by atoms with Gasteiger partial charge in [-0.1, -0.05) is 5.16 Å². The maximum absolute atomic E-state index is 11.8. The number of aromatic nitrogens is 3. The summed E-state index contributed by atoms with van der Waals surface area (Å²) in [4.78, 5) is 29.7. The Morgan fingerprint density at radius 2 is 2.10 bits per heavy atom. The van der Waals surface area contributed by atoms with Crippen LogP contribution in [0.3, 0.4) is 0 Å². The number of aryl methyl sites for hydroxylation is 3. The van der Waals surface area contributed by atoms with E-state index in [0.29, 0.717) is 22.2 Å². The second-order valence-corrected chi connectivity index (χ2v) is 5.39. The van der Waals surface area contributed by atoms with Gasteiger partial charge in [0.25, 0.3) is 0 Å². The predicted molar refractivity (Wildman–Crippen MR) is 76.5 cm³/mol. The van der Waals surface area contributed by atoms with Crippen LogP contribution in [0.5, 0.6) is 0 Å². The molecule has 2 aromatic heterocycles. The number of esters is 1. The lowest BCUT2D eigenvalue weighted by Crippen LogP contribution is -2.19. The molecule has 8 heteroatoms. The van der Waals surface area contributed by atoms with Crippen LogP contribution >= 0.6 is 11.8 Å². The average molecular weight is 309 g/mol. The van der Waals surface area contributed by atoms with Gasteiger partial charge in [-0.15, -0.1) is 11.8 Å². The number of carbonyl (C=O) groups is 1. The van der Waals surface area contributed by atoms with E-state index in [1.807, 2.05) is 13.8 Å². The van der Waals surface area contributed by atoms with Crippen LogP contribution in [0.1, 0.15) is 33.1 Å². The van der Waals surface area contributed by atoms with Gasteiger partial charge in [-0.05, 0) is 20.8 Å². The highest BCUT2D eigenvalue weighted by molar-refractivity contribution is 7.98. The molecule has 7 nitrogen and oxygen atoms in total. The zero-order valence-corrected chi connectivity index (χ0v) is 13.0. The Morgan fingerprint density at radius 3 is 2.67 bits per heavy atom. The van der Waals surface area contributed by atoms with Crippen LogP contribution in [0.4, 0.5) is 0 Å². The lowest BCUT2D eigenvalue weighted by Gasteiger charge is -2.08. The van der Waals surface area contributed by atoms with Crippen molar-refractivity contribution < 1.29 is 14.1 Å². The first-order valence-corrected chi connectivity index (χ1v) is 7.16. The van der Waals surface area contributed by atoms with Gasteiger partial charge in [-0.2, -0.15) is 4.98 Å². The third-order valence-corrected chi connectivity index (χ3v) is 4.01. The molecule has 0 saturated heterocycles. The molecule has 0 atom stereocenters. The van der Waals surface area contributed by atoms with E-state index in [1.54, 1.807) is 6.92 Å². The molecule has 0 fully saturated rings. The van der Waals surface area contributed by atoms with E-state index in [9.17, 15) is 9.59 Å². The molecule has 0 amide bonds. The molecular formula is C13H15N3O4S. The standard InChI is InChI=1S/C13H15N3O4S/c1-6-9(8(3)20-16-6)5-21-11-10(12(17)19-4)7(2)14-13(18)15-11/h5H2,1-4H3,(H,14,15,18). The summed E-state index contributed by atoms with van der Waals surface area (Å²) in [5.74, 6) is 0.680. The van der Waals surface area contributed by atoms with Crippen molar-refractivity contribution in [1.29, 1.82) is 0 Å². The van der Waals surface area contributed by atoms with E-state index in [1.165, 1.54) is 18.9 Å². The Balaban J connectivity index is 2.35. The summed E-state index contributed by atoms with van der Waals surface area (Å²) in [6.45, 7) is 5.28. The molecule has 0 aliphatic heterocycles. The zero-order valence-electron chi connectivity index (χ0n) is 12.1. The Labute approximate surface area is 125 Å². The van der Waals surface area contributed by atoms with Crippen molar-refractivity contribution in [3.05, 3.63) is 38.8 Å². The van der Waals surface area contributed by atoms with E-state index in [4.69, 9.17) is 9.26 Å². The minimum Gasteiger partial charge on any atom is -0.465 e. The summed E-state index contributed by atoms with van der Waals surface area (Å²) in [6, 6.07) is 0. The predicted octanol–water partition coefficient (Wildman–Crippen LogP) is 1.76. The van der Waals surface area contributed by atoms with Gasteiger partial charge in [0.05, 0.1) is 12.8 Å². The van der Waals surface area contributed by atoms with Crippen LogP contribution in [0.2, 0.25) is 0 Å². The first-order valence-electron chi connectivity index (χ1n) is 6.17.